The number of hydrogen-bond donors (Lipinski definition) is 0. The molecular formula is C19H26F2N2O2S. The third-order valence-corrected chi connectivity index (χ3v) is 6.88. The fourth-order valence-electron chi connectivity index (χ4n) is 4.37. The van der Waals surface area contributed by atoms with Crippen LogP contribution in [-0.2, 0) is 16.0 Å². The van der Waals surface area contributed by atoms with Gasteiger partial charge in [0, 0.05) is 56.9 Å². The van der Waals surface area contributed by atoms with Gasteiger partial charge in [-0.3, -0.25) is 4.79 Å². The van der Waals surface area contributed by atoms with Gasteiger partial charge in [0.1, 0.15) is 0 Å². The third-order valence-electron chi connectivity index (χ3n) is 6.00. The van der Waals surface area contributed by atoms with Crippen LogP contribution < -0.4 is 0 Å². The molecule has 26 heavy (non-hydrogen) atoms. The average molecular weight is 384 g/mol. The summed E-state index contributed by atoms with van der Waals surface area (Å²) in [6, 6.07) is 3.98. The molecule has 4 nitrogen and oxygen atoms in total. The SMILES string of the molecule is O=C(Cc1cccs1)N1CCC2(CC1)CC(CN1CCC(F)(F)CC1)O2. The van der Waals surface area contributed by atoms with Crippen LogP contribution in [0.4, 0.5) is 8.78 Å². The Morgan fingerprint density at radius 2 is 1.88 bits per heavy atom. The van der Waals surface area contributed by atoms with Crippen LogP contribution >= 0.6 is 11.3 Å². The van der Waals surface area contributed by atoms with E-state index in [9.17, 15) is 13.6 Å². The molecular weight excluding hydrogens is 358 g/mol. The summed E-state index contributed by atoms with van der Waals surface area (Å²) in [5.41, 5.74) is -0.0793. The Kier molecular flexibility index (Phi) is 5.05. The Balaban J connectivity index is 1.18. The summed E-state index contributed by atoms with van der Waals surface area (Å²) in [6.45, 7) is 3.20. The summed E-state index contributed by atoms with van der Waals surface area (Å²) in [6.07, 6.45) is 3.35. The topological polar surface area (TPSA) is 32.8 Å². The molecule has 1 amide bonds. The highest BCUT2D eigenvalue weighted by Gasteiger charge is 2.48. The molecule has 0 radical (unpaired) electrons. The second-order valence-electron chi connectivity index (χ2n) is 7.92. The number of carbonyl (C=O) groups is 1. The zero-order valence-corrected chi connectivity index (χ0v) is 15.8. The van der Waals surface area contributed by atoms with Crippen molar-refractivity contribution in [3.05, 3.63) is 22.4 Å². The lowest BCUT2D eigenvalue weighted by atomic mass is 9.80. The lowest BCUT2D eigenvalue weighted by molar-refractivity contribution is -0.231. The second-order valence-corrected chi connectivity index (χ2v) is 8.95. The first-order valence-corrected chi connectivity index (χ1v) is 10.4. The number of ether oxygens (including phenoxy) is 1. The third kappa shape index (κ3) is 4.10. The van der Waals surface area contributed by atoms with E-state index < -0.39 is 5.92 Å². The molecule has 0 N–H and O–H groups in total. The Morgan fingerprint density at radius 3 is 2.50 bits per heavy atom. The van der Waals surface area contributed by atoms with E-state index in [0.29, 0.717) is 19.5 Å². The number of hydrogen-bond acceptors (Lipinski definition) is 4. The van der Waals surface area contributed by atoms with Gasteiger partial charge in [0.2, 0.25) is 5.91 Å². The van der Waals surface area contributed by atoms with Gasteiger partial charge in [-0.2, -0.15) is 0 Å². The molecule has 3 saturated heterocycles. The van der Waals surface area contributed by atoms with Crippen molar-refractivity contribution in [1.29, 1.82) is 0 Å². The predicted molar refractivity (Wildman–Crippen MR) is 96.7 cm³/mol. The standard InChI is InChI=1S/C19H26F2N2O2S/c20-19(21)5-7-22(8-6-19)14-15-13-18(25-15)3-9-23(10-4-18)17(24)12-16-2-1-11-26-16/h1-2,11,15H,3-10,12-14H2. The minimum atomic E-state index is -2.49. The van der Waals surface area contributed by atoms with Gasteiger partial charge in [-0.25, -0.2) is 8.78 Å². The molecule has 7 heteroatoms. The summed E-state index contributed by atoms with van der Waals surface area (Å²) >= 11 is 1.62. The van der Waals surface area contributed by atoms with Crippen LogP contribution in [0.5, 0.6) is 0 Å². The highest BCUT2D eigenvalue weighted by atomic mass is 32.1. The smallest absolute Gasteiger partial charge is 0.250 e. The maximum atomic E-state index is 13.2. The average Bonchev–Trinajstić information content (AvgIpc) is 3.09. The highest BCUT2D eigenvalue weighted by Crippen LogP contribution is 2.42. The van der Waals surface area contributed by atoms with E-state index >= 15 is 0 Å². The number of carbonyl (C=O) groups excluding carboxylic acids is 1. The van der Waals surface area contributed by atoms with Gasteiger partial charge in [0.15, 0.2) is 0 Å². The van der Waals surface area contributed by atoms with Crippen molar-refractivity contribution in [2.24, 2.45) is 0 Å². The van der Waals surface area contributed by atoms with E-state index in [1.54, 1.807) is 11.3 Å². The van der Waals surface area contributed by atoms with Gasteiger partial charge in [-0.15, -0.1) is 11.3 Å². The molecule has 1 atom stereocenters. The molecule has 3 fully saturated rings. The van der Waals surface area contributed by atoms with Crippen LogP contribution in [0, 0.1) is 0 Å². The number of rotatable bonds is 4. The Labute approximate surface area is 157 Å². The number of piperidine rings is 2. The molecule has 3 aliphatic heterocycles. The minimum absolute atomic E-state index is 0.0355. The predicted octanol–water partition coefficient (Wildman–Crippen LogP) is 3.17. The first-order valence-electron chi connectivity index (χ1n) is 9.51. The lowest BCUT2D eigenvalue weighted by Crippen LogP contribution is -2.60. The van der Waals surface area contributed by atoms with Crippen molar-refractivity contribution in [3.63, 3.8) is 0 Å². The zero-order chi connectivity index (χ0) is 18.2. The summed E-state index contributed by atoms with van der Waals surface area (Å²) < 4.78 is 32.6. The fourth-order valence-corrected chi connectivity index (χ4v) is 5.07. The van der Waals surface area contributed by atoms with Crippen molar-refractivity contribution >= 4 is 17.2 Å². The van der Waals surface area contributed by atoms with E-state index in [-0.39, 0.29) is 30.5 Å². The van der Waals surface area contributed by atoms with Gasteiger partial charge in [-0.05, 0) is 24.3 Å². The van der Waals surface area contributed by atoms with E-state index in [1.807, 2.05) is 22.4 Å². The Hall–Kier alpha value is -1.05. The van der Waals surface area contributed by atoms with E-state index in [0.717, 1.165) is 43.8 Å². The molecule has 4 rings (SSSR count). The zero-order valence-electron chi connectivity index (χ0n) is 15.0. The lowest BCUT2D eigenvalue weighted by Gasteiger charge is -2.53. The Bertz CT molecular complexity index is 611. The maximum Gasteiger partial charge on any atom is 0.250 e. The molecule has 0 aliphatic carbocycles. The number of amides is 1. The maximum absolute atomic E-state index is 13.2. The fraction of sp³-hybridized carbons (Fsp3) is 0.737. The molecule has 1 unspecified atom stereocenters. The van der Waals surface area contributed by atoms with Gasteiger partial charge >= 0.3 is 0 Å². The van der Waals surface area contributed by atoms with E-state index in [2.05, 4.69) is 4.90 Å². The number of likely N-dealkylation sites (tertiary alicyclic amines) is 2. The highest BCUT2D eigenvalue weighted by molar-refractivity contribution is 7.10. The summed E-state index contributed by atoms with van der Waals surface area (Å²) in [5.74, 6) is -2.28. The summed E-state index contributed by atoms with van der Waals surface area (Å²) in [7, 11) is 0. The minimum Gasteiger partial charge on any atom is -0.370 e. The largest absolute Gasteiger partial charge is 0.370 e. The van der Waals surface area contributed by atoms with Gasteiger partial charge in [0.05, 0.1) is 18.1 Å². The second kappa shape index (κ2) is 7.17. The van der Waals surface area contributed by atoms with Crippen LogP contribution in [0.15, 0.2) is 17.5 Å². The van der Waals surface area contributed by atoms with Crippen LogP contribution in [-0.4, -0.2) is 66.1 Å². The van der Waals surface area contributed by atoms with Gasteiger partial charge in [0.25, 0.3) is 5.92 Å². The molecule has 0 bridgehead atoms. The van der Waals surface area contributed by atoms with Crippen molar-refractivity contribution in [2.75, 3.05) is 32.7 Å². The number of nitrogens with zero attached hydrogens (tertiary/aromatic N) is 2. The molecule has 1 aromatic rings. The monoisotopic (exact) mass is 384 g/mol. The van der Waals surface area contributed by atoms with Gasteiger partial charge < -0.3 is 14.5 Å². The molecule has 144 valence electrons. The van der Waals surface area contributed by atoms with E-state index in [4.69, 9.17) is 4.74 Å². The van der Waals surface area contributed by atoms with Crippen LogP contribution in [0.25, 0.3) is 0 Å². The molecule has 0 saturated carbocycles. The number of alkyl halides is 2. The summed E-state index contributed by atoms with van der Waals surface area (Å²) in [4.78, 5) is 17.6. The number of halogens is 2. The Morgan fingerprint density at radius 1 is 1.19 bits per heavy atom. The molecule has 1 spiro atoms. The van der Waals surface area contributed by atoms with E-state index in [1.165, 1.54) is 0 Å². The normalized spacial score (nSPS) is 28.1. The first kappa shape index (κ1) is 18.3. The molecule has 0 aromatic carbocycles. The van der Waals surface area contributed by atoms with Crippen molar-refractivity contribution in [3.8, 4) is 0 Å². The molecule has 3 aliphatic rings. The van der Waals surface area contributed by atoms with Crippen molar-refractivity contribution < 1.29 is 18.3 Å². The number of thiophene rings is 1. The van der Waals surface area contributed by atoms with Crippen LogP contribution in [0.2, 0.25) is 0 Å². The van der Waals surface area contributed by atoms with Crippen LogP contribution in [0.1, 0.15) is 37.0 Å². The first-order chi connectivity index (χ1) is 12.4. The van der Waals surface area contributed by atoms with Crippen molar-refractivity contribution in [2.45, 2.75) is 56.2 Å². The molecule has 1 aromatic heterocycles. The van der Waals surface area contributed by atoms with Crippen molar-refractivity contribution in [1.82, 2.24) is 9.80 Å². The quantitative estimate of drug-likeness (QED) is 0.799. The molecule has 4 heterocycles. The summed E-state index contributed by atoms with van der Waals surface area (Å²) in [5, 5.41) is 2.00. The van der Waals surface area contributed by atoms with Gasteiger partial charge in [-0.1, -0.05) is 6.07 Å². The van der Waals surface area contributed by atoms with Crippen LogP contribution in [0.3, 0.4) is 0 Å².